The molecule has 1 atom stereocenters. The standard InChI is InChI=1S/C37H59N3O8/c1-2-3-4-5-6-7-8-9-10-11-12-13-14-15-22-45-24-26-47-28-29-48-27-25-46-23-21-38-31-18-16-17-30-34(31)37(44)40(36(30)43)32-19-20-33(41)39-35(32)42/h16-18,32,38H,2-15,19-29H2,1H3,(H,39,41,42). The Hall–Kier alpha value is -2.86. The number of ether oxygens (including phenoxy) is 4. The van der Waals surface area contributed by atoms with Crippen molar-refractivity contribution in [3.8, 4) is 0 Å². The Labute approximate surface area is 287 Å². The molecule has 0 radical (unpaired) electrons. The molecular weight excluding hydrogens is 614 g/mol. The van der Waals surface area contributed by atoms with Crippen LogP contribution in [0.3, 0.4) is 0 Å². The van der Waals surface area contributed by atoms with Crippen LogP contribution in [0.5, 0.6) is 0 Å². The maximum atomic E-state index is 13.1. The van der Waals surface area contributed by atoms with Crippen molar-refractivity contribution in [2.75, 3.05) is 64.7 Å². The third-order valence-electron chi connectivity index (χ3n) is 8.79. The Bertz CT molecular complexity index is 1110. The highest BCUT2D eigenvalue weighted by molar-refractivity contribution is 6.25. The second-order valence-electron chi connectivity index (χ2n) is 12.6. The number of nitrogens with zero attached hydrogens (tertiary/aromatic N) is 1. The van der Waals surface area contributed by atoms with Gasteiger partial charge in [-0.05, 0) is 25.0 Å². The fourth-order valence-electron chi connectivity index (χ4n) is 6.08. The molecule has 2 aliphatic heterocycles. The first-order valence-corrected chi connectivity index (χ1v) is 18.4. The maximum absolute atomic E-state index is 13.1. The number of imide groups is 2. The Kier molecular flexibility index (Phi) is 20.0. The third kappa shape index (κ3) is 14.3. The van der Waals surface area contributed by atoms with E-state index in [9.17, 15) is 19.2 Å². The molecule has 1 aromatic rings. The van der Waals surface area contributed by atoms with Crippen LogP contribution in [-0.2, 0) is 28.5 Å². The molecule has 1 aromatic carbocycles. The number of anilines is 1. The summed E-state index contributed by atoms with van der Waals surface area (Å²) in [7, 11) is 0. The van der Waals surface area contributed by atoms with Crippen LogP contribution in [0.2, 0.25) is 0 Å². The van der Waals surface area contributed by atoms with Crippen LogP contribution in [0, 0.1) is 0 Å². The van der Waals surface area contributed by atoms with Crippen LogP contribution in [0.15, 0.2) is 18.2 Å². The molecule has 2 heterocycles. The monoisotopic (exact) mass is 673 g/mol. The van der Waals surface area contributed by atoms with Gasteiger partial charge in [0.15, 0.2) is 0 Å². The van der Waals surface area contributed by atoms with Gasteiger partial charge in [0.2, 0.25) is 11.8 Å². The number of fused-ring (bicyclic) bond motifs is 1. The zero-order valence-electron chi connectivity index (χ0n) is 29.2. The summed E-state index contributed by atoms with van der Waals surface area (Å²) in [6.07, 6.45) is 19.2. The second-order valence-corrected chi connectivity index (χ2v) is 12.6. The Morgan fingerprint density at radius 1 is 0.667 bits per heavy atom. The molecule has 48 heavy (non-hydrogen) atoms. The maximum Gasteiger partial charge on any atom is 0.264 e. The van der Waals surface area contributed by atoms with Crippen LogP contribution in [-0.4, -0.2) is 94.0 Å². The summed E-state index contributed by atoms with van der Waals surface area (Å²) in [4.78, 5) is 50.8. The van der Waals surface area contributed by atoms with Gasteiger partial charge in [0.25, 0.3) is 11.8 Å². The molecule has 2 aliphatic rings. The van der Waals surface area contributed by atoms with Gasteiger partial charge >= 0.3 is 0 Å². The van der Waals surface area contributed by atoms with Gasteiger partial charge < -0.3 is 24.3 Å². The molecule has 0 aromatic heterocycles. The number of rotatable bonds is 29. The summed E-state index contributed by atoms with van der Waals surface area (Å²) in [6, 6.07) is 3.98. The van der Waals surface area contributed by atoms with Gasteiger partial charge in [-0.2, -0.15) is 0 Å². The quantitative estimate of drug-likeness (QED) is 0.0771. The smallest absolute Gasteiger partial charge is 0.264 e. The van der Waals surface area contributed by atoms with E-state index in [2.05, 4.69) is 17.6 Å². The molecule has 0 aliphatic carbocycles. The summed E-state index contributed by atoms with van der Waals surface area (Å²) in [5.74, 6) is -2.10. The lowest BCUT2D eigenvalue weighted by Crippen LogP contribution is -2.54. The van der Waals surface area contributed by atoms with Crippen LogP contribution in [0.1, 0.15) is 130 Å². The molecule has 4 amide bonds. The predicted octanol–water partition coefficient (Wildman–Crippen LogP) is 6.05. The minimum absolute atomic E-state index is 0.0809. The SMILES string of the molecule is CCCCCCCCCCCCCCCCOCCOCCOCCOCCNc1cccc2c1C(=O)N(C1CCC(=O)NC1=O)C2=O. The van der Waals surface area contributed by atoms with Crippen molar-refractivity contribution in [1.82, 2.24) is 10.2 Å². The minimum atomic E-state index is -0.992. The number of amides is 4. The summed E-state index contributed by atoms with van der Waals surface area (Å²) in [6.45, 7) is 6.87. The van der Waals surface area contributed by atoms with Gasteiger partial charge in [-0.15, -0.1) is 0 Å². The summed E-state index contributed by atoms with van der Waals surface area (Å²) < 4.78 is 22.4. The summed E-state index contributed by atoms with van der Waals surface area (Å²) in [5.41, 5.74) is 0.972. The number of unbranched alkanes of at least 4 members (excludes halogenated alkanes) is 13. The van der Waals surface area contributed by atoms with Gasteiger partial charge in [-0.1, -0.05) is 96.5 Å². The largest absolute Gasteiger partial charge is 0.382 e. The van der Waals surface area contributed by atoms with E-state index >= 15 is 0 Å². The number of carbonyl (C=O) groups excluding carboxylic acids is 4. The lowest BCUT2D eigenvalue weighted by molar-refractivity contribution is -0.136. The number of nitrogens with one attached hydrogen (secondary N) is 2. The van der Waals surface area contributed by atoms with E-state index in [0.717, 1.165) is 17.9 Å². The first-order chi connectivity index (χ1) is 23.5. The molecule has 11 nitrogen and oxygen atoms in total. The minimum Gasteiger partial charge on any atom is -0.382 e. The van der Waals surface area contributed by atoms with E-state index in [1.165, 1.54) is 83.5 Å². The first kappa shape index (κ1) is 39.6. The van der Waals surface area contributed by atoms with Crippen molar-refractivity contribution >= 4 is 29.3 Å². The number of hydrogen-bond donors (Lipinski definition) is 2. The predicted molar refractivity (Wildman–Crippen MR) is 185 cm³/mol. The molecule has 0 saturated carbocycles. The molecule has 3 rings (SSSR count). The van der Waals surface area contributed by atoms with E-state index in [0.29, 0.717) is 58.5 Å². The van der Waals surface area contributed by atoms with E-state index < -0.39 is 29.7 Å². The molecular formula is C37H59N3O8. The van der Waals surface area contributed by atoms with Gasteiger partial charge in [0, 0.05) is 25.3 Å². The Morgan fingerprint density at radius 3 is 1.75 bits per heavy atom. The number of carbonyl (C=O) groups is 4. The fourth-order valence-corrected chi connectivity index (χ4v) is 6.08. The van der Waals surface area contributed by atoms with Crippen molar-refractivity contribution in [3.05, 3.63) is 29.3 Å². The first-order valence-electron chi connectivity index (χ1n) is 18.4. The van der Waals surface area contributed by atoms with Gasteiger partial charge in [0.05, 0.1) is 57.4 Å². The zero-order chi connectivity index (χ0) is 34.2. The van der Waals surface area contributed by atoms with Gasteiger partial charge in [-0.25, -0.2) is 0 Å². The van der Waals surface area contributed by atoms with Gasteiger partial charge in [0.1, 0.15) is 6.04 Å². The highest BCUT2D eigenvalue weighted by atomic mass is 16.6. The molecule has 1 saturated heterocycles. The number of piperidine rings is 1. The fraction of sp³-hybridized carbons (Fsp3) is 0.730. The normalized spacial score (nSPS) is 16.1. The van der Waals surface area contributed by atoms with Crippen molar-refractivity contribution in [3.63, 3.8) is 0 Å². The van der Waals surface area contributed by atoms with Crippen LogP contribution < -0.4 is 10.6 Å². The second kappa shape index (κ2) is 24.3. The van der Waals surface area contributed by atoms with Crippen molar-refractivity contribution < 1.29 is 38.1 Å². The molecule has 11 heteroatoms. The van der Waals surface area contributed by atoms with Crippen LogP contribution >= 0.6 is 0 Å². The molecule has 1 fully saturated rings. The summed E-state index contributed by atoms with van der Waals surface area (Å²) >= 11 is 0. The van der Waals surface area contributed by atoms with E-state index in [4.69, 9.17) is 18.9 Å². The van der Waals surface area contributed by atoms with Crippen LogP contribution in [0.4, 0.5) is 5.69 Å². The third-order valence-corrected chi connectivity index (χ3v) is 8.79. The number of hydrogen-bond acceptors (Lipinski definition) is 9. The molecule has 2 N–H and O–H groups in total. The lowest BCUT2D eigenvalue weighted by Gasteiger charge is -2.27. The molecule has 270 valence electrons. The van der Waals surface area contributed by atoms with E-state index in [-0.39, 0.29) is 24.0 Å². The van der Waals surface area contributed by atoms with Gasteiger partial charge in [-0.3, -0.25) is 29.4 Å². The highest BCUT2D eigenvalue weighted by Crippen LogP contribution is 2.32. The van der Waals surface area contributed by atoms with Crippen LogP contribution in [0.25, 0.3) is 0 Å². The van der Waals surface area contributed by atoms with Crippen molar-refractivity contribution in [2.24, 2.45) is 0 Å². The molecule has 0 spiro atoms. The number of benzene rings is 1. The Balaban J connectivity index is 1.08. The highest BCUT2D eigenvalue weighted by Gasteiger charge is 2.45. The molecule has 0 bridgehead atoms. The van der Waals surface area contributed by atoms with E-state index in [1.54, 1.807) is 18.2 Å². The Morgan fingerprint density at radius 2 is 1.19 bits per heavy atom. The lowest BCUT2D eigenvalue weighted by atomic mass is 10.0. The summed E-state index contributed by atoms with van der Waals surface area (Å²) in [5, 5.41) is 5.36. The average Bonchev–Trinajstić information content (AvgIpc) is 3.33. The average molecular weight is 674 g/mol. The topological polar surface area (TPSA) is 132 Å². The zero-order valence-corrected chi connectivity index (χ0v) is 29.2. The van der Waals surface area contributed by atoms with Crippen molar-refractivity contribution in [1.29, 1.82) is 0 Å². The van der Waals surface area contributed by atoms with E-state index in [1.807, 2.05) is 0 Å². The molecule has 1 unspecified atom stereocenters. The van der Waals surface area contributed by atoms with Crippen molar-refractivity contribution in [2.45, 2.75) is 116 Å².